The van der Waals surface area contributed by atoms with Crippen LogP contribution >= 0.6 is 26.8 Å². The van der Waals surface area contributed by atoms with E-state index in [0.29, 0.717) is 0 Å². The molecule has 32 valence electrons. The molecule has 0 unspecified atom stereocenters. The summed E-state index contributed by atoms with van der Waals surface area (Å²) in [6.45, 7) is 0. The van der Waals surface area contributed by atoms with E-state index in [9.17, 15) is 0 Å². The van der Waals surface area contributed by atoms with Crippen molar-refractivity contribution in [2.24, 2.45) is 0 Å². The van der Waals surface area contributed by atoms with Crippen molar-refractivity contribution in [2.45, 2.75) is 4.87 Å². The summed E-state index contributed by atoms with van der Waals surface area (Å²) in [4.78, 5) is -2.31. The molecule has 4 heteroatoms. The van der Waals surface area contributed by atoms with E-state index in [0.717, 1.165) is 0 Å². The second-order valence-corrected chi connectivity index (χ2v) is 18.6. The van der Waals surface area contributed by atoms with Gasteiger partial charge < -0.3 is 0 Å². The molecule has 0 nitrogen and oxygen atoms in total. The quantitative estimate of drug-likeness (QED) is 0.572. The Balaban J connectivity index is 4.02. The van der Waals surface area contributed by atoms with Gasteiger partial charge in [-0.05, 0) is 0 Å². The van der Waals surface area contributed by atoms with Crippen molar-refractivity contribution in [1.82, 2.24) is 0 Å². The van der Waals surface area contributed by atoms with E-state index in [-0.39, 0.29) is 0 Å². The molecule has 0 saturated carbocycles. The van der Waals surface area contributed by atoms with Gasteiger partial charge in [-0.2, -0.15) is 0 Å². The van der Waals surface area contributed by atoms with Gasteiger partial charge in [-0.3, -0.25) is 0 Å². The van der Waals surface area contributed by atoms with E-state index in [1.807, 2.05) is 0 Å². The van der Waals surface area contributed by atoms with Crippen LogP contribution in [-0.2, 0) is 0 Å². The van der Waals surface area contributed by atoms with Gasteiger partial charge in [-0.1, -0.05) is 0 Å². The Morgan fingerprint density at radius 3 is 1.80 bits per heavy atom. The normalized spacial score (nSPS) is 23.4. The molecule has 0 spiro atoms. The van der Waals surface area contributed by atoms with Crippen molar-refractivity contribution >= 4 is 41.8 Å². The van der Waals surface area contributed by atoms with Gasteiger partial charge in [-0.15, -0.1) is 0 Å². The summed E-state index contributed by atoms with van der Waals surface area (Å²) in [7, 11) is 15.6. The second-order valence-electron chi connectivity index (χ2n) is 0.498. The zero-order valence-electron chi connectivity index (χ0n) is 5.13. The van der Waals surface area contributed by atoms with Crippen LogP contribution in [0.5, 0.6) is 0 Å². The predicted molar refractivity (Wildman–Crippen MR) is 29.2 cm³/mol. The van der Waals surface area contributed by atoms with Crippen LogP contribution in [0.15, 0.2) is 0 Å². The summed E-state index contributed by atoms with van der Waals surface area (Å²) in [6.07, 6.45) is 0. The third-order valence-electron chi connectivity index (χ3n) is 0. The van der Waals surface area contributed by atoms with Crippen LogP contribution in [0.2, 0.25) is 4.87 Å². The molecule has 0 radical (unpaired) electrons. The minimum absolute atomic E-state index is 2.31. The molecule has 0 fully saturated rings. The van der Waals surface area contributed by atoms with Gasteiger partial charge in [0, 0.05) is 0 Å². The molecule has 0 aromatic rings. The molecule has 5 heavy (non-hydrogen) atoms. The van der Waals surface area contributed by atoms with E-state index in [1.54, 1.807) is 0 Å². The topological polar surface area (TPSA) is 0 Å². The first-order chi connectivity index (χ1) is 3.25. The predicted octanol–water partition coefficient (Wildman–Crippen LogP) is 2.27. The first-order valence-electron chi connectivity index (χ1n) is 2.32. The average molecular weight is 243 g/mol. The Bertz CT molecular complexity index is 69.5. The summed E-state index contributed by atoms with van der Waals surface area (Å²) in [5.74, 6) is 0. The van der Waals surface area contributed by atoms with Crippen LogP contribution in [0.1, 0.15) is 4.11 Å². The Kier molecular flexibility index (Phi) is 1.20. The molecular weight excluding hydrogens is 237 g/mol. The van der Waals surface area contributed by atoms with Gasteiger partial charge in [0.2, 0.25) is 0 Å². The van der Waals surface area contributed by atoms with Crippen molar-refractivity contribution in [3.8, 4) is 0 Å². The van der Waals surface area contributed by atoms with E-state index in [4.69, 9.17) is 30.9 Å². The standard InChI is InChI=1S/CH3.3ClH.Sn/h1H3;3*1H;/q;;;;+3/p-3/i1D3;;;;. The second kappa shape index (κ2) is 2.10. The fraction of sp³-hybridized carbons (Fsp3) is 1.00. The molecule has 0 bridgehead atoms. The molecule has 0 N–H and O–H groups in total. The first-order valence-corrected chi connectivity index (χ1v) is 13.1. The average Bonchev–Trinajstić information content (AvgIpc) is 1.25. The van der Waals surface area contributed by atoms with Crippen molar-refractivity contribution in [2.75, 3.05) is 0 Å². The molecule has 0 aliphatic carbocycles. The molecular formula is CH3Cl3Sn. The molecule has 0 aromatic heterocycles. The van der Waals surface area contributed by atoms with Crippen LogP contribution < -0.4 is 0 Å². The summed E-state index contributed by atoms with van der Waals surface area (Å²) in [5.41, 5.74) is 0. The van der Waals surface area contributed by atoms with Gasteiger partial charge in [0.1, 0.15) is 0 Å². The SMILES string of the molecule is [2H][C]([2H])([2H])[Sn]([Cl])([Cl])[Cl]. The van der Waals surface area contributed by atoms with Crippen molar-refractivity contribution in [3.05, 3.63) is 0 Å². The van der Waals surface area contributed by atoms with Crippen molar-refractivity contribution < 1.29 is 4.11 Å². The van der Waals surface area contributed by atoms with Crippen molar-refractivity contribution in [1.29, 1.82) is 0 Å². The van der Waals surface area contributed by atoms with E-state index in [1.165, 1.54) is 0 Å². The van der Waals surface area contributed by atoms with E-state index >= 15 is 0 Å². The first kappa shape index (κ1) is 2.85. The summed E-state index contributed by atoms with van der Waals surface area (Å²) < 4.78 is 19.8. The zero-order valence-corrected chi connectivity index (χ0v) is 7.26. The third-order valence-corrected chi connectivity index (χ3v) is 0. The number of halogens is 3. The number of rotatable bonds is 0. The Morgan fingerprint density at radius 2 is 1.80 bits per heavy atom. The molecule has 0 atom stereocenters. The van der Waals surface area contributed by atoms with Gasteiger partial charge in [0.05, 0.1) is 0 Å². The third kappa shape index (κ3) is 27.4. The Morgan fingerprint density at radius 1 is 1.60 bits per heavy atom. The summed E-state index contributed by atoms with van der Waals surface area (Å²) in [5, 5.41) is 0. The van der Waals surface area contributed by atoms with E-state index < -0.39 is 19.9 Å². The maximum absolute atomic E-state index is 6.61. The fourth-order valence-electron chi connectivity index (χ4n) is 0. The monoisotopic (exact) mass is 243 g/mol. The number of hydrogen-bond donors (Lipinski definition) is 0. The molecule has 0 aromatic carbocycles. The Hall–Kier alpha value is 1.67. The fourth-order valence-corrected chi connectivity index (χ4v) is 0. The molecule has 0 rings (SSSR count). The molecule has 0 aliphatic rings. The van der Waals surface area contributed by atoms with Gasteiger partial charge >= 0.3 is 50.7 Å². The van der Waals surface area contributed by atoms with Crippen LogP contribution in [0.3, 0.4) is 0 Å². The minimum atomic E-state index is -4.11. The molecule has 0 amide bonds. The van der Waals surface area contributed by atoms with Crippen LogP contribution in [0, 0.1) is 0 Å². The van der Waals surface area contributed by atoms with Crippen molar-refractivity contribution in [3.63, 3.8) is 0 Å². The summed E-state index contributed by atoms with van der Waals surface area (Å²) >= 11 is -4.11. The van der Waals surface area contributed by atoms with Crippen LogP contribution in [-0.4, -0.2) is 15.0 Å². The maximum atomic E-state index is 6.61. The molecule has 0 saturated heterocycles. The zero-order chi connectivity index (χ0) is 7.00. The number of hydrogen-bond acceptors (Lipinski definition) is 0. The van der Waals surface area contributed by atoms with Gasteiger partial charge in [0.15, 0.2) is 0 Å². The van der Waals surface area contributed by atoms with Crippen LogP contribution in [0.25, 0.3) is 0 Å². The molecule has 0 aliphatic heterocycles. The van der Waals surface area contributed by atoms with Crippen LogP contribution in [0.4, 0.5) is 0 Å². The van der Waals surface area contributed by atoms with Gasteiger partial charge in [0.25, 0.3) is 0 Å². The van der Waals surface area contributed by atoms with Gasteiger partial charge in [-0.25, -0.2) is 0 Å². The summed E-state index contributed by atoms with van der Waals surface area (Å²) in [6, 6.07) is 0. The molecule has 0 heterocycles. The Labute approximate surface area is 50.6 Å². The van der Waals surface area contributed by atoms with E-state index in [2.05, 4.69) is 0 Å².